The van der Waals surface area contributed by atoms with E-state index in [1.54, 1.807) is 26.4 Å². The van der Waals surface area contributed by atoms with Gasteiger partial charge in [-0.25, -0.2) is 4.99 Å². The van der Waals surface area contributed by atoms with Gasteiger partial charge in [-0.15, -0.1) is 0 Å². The maximum Gasteiger partial charge on any atom is 0.162 e. The Bertz CT molecular complexity index is 840. The third kappa shape index (κ3) is 2.66. The monoisotopic (exact) mass is 324 g/mol. The van der Waals surface area contributed by atoms with Crippen LogP contribution in [0.25, 0.3) is 10.4 Å². The second kappa shape index (κ2) is 6.39. The van der Waals surface area contributed by atoms with Crippen molar-refractivity contribution in [1.29, 1.82) is 0 Å². The second-order valence-corrected chi connectivity index (χ2v) is 5.04. The van der Waals surface area contributed by atoms with Gasteiger partial charge in [-0.2, -0.15) is 0 Å². The molecule has 0 radical (unpaired) electrons. The Balaban J connectivity index is 2.08. The van der Waals surface area contributed by atoms with E-state index >= 15 is 0 Å². The number of hydrogen-bond donors (Lipinski definition) is 1. The fraction of sp³-hybridized carbons (Fsp3) is 0.188. The summed E-state index contributed by atoms with van der Waals surface area (Å²) in [5, 5.41) is 3.58. The van der Waals surface area contributed by atoms with Gasteiger partial charge in [0.15, 0.2) is 11.5 Å². The van der Waals surface area contributed by atoms with Crippen molar-refractivity contribution in [2.75, 3.05) is 25.8 Å². The van der Waals surface area contributed by atoms with Crippen molar-refractivity contribution >= 4 is 22.9 Å². The first-order valence-electron chi connectivity index (χ1n) is 7.17. The van der Waals surface area contributed by atoms with Gasteiger partial charge in [0, 0.05) is 27.9 Å². The highest BCUT2D eigenvalue weighted by Crippen LogP contribution is 2.39. The molecular weight excluding hydrogens is 308 g/mol. The average Bonchev–Trinajstić information content (AvgIpc) is 2.62. The molecule has 1 aliphatic rings. The van der Waals surface area contributed by atoms with Crippen molar-refractivity contribution in [3.63, 3.8) is 0 Å². The smallest absolute Gasteiger partial charge is 0.162 e. The molecule has 0 saturated carbocycles. The highest BCUT2D eigenvalue weighted by atomic mass is 16.5. The summed E-state index contributed by atoms with van der Waals surface area (Å²) in [5.41, 5.74) is 17.6. The molecule has 8 heteroatoms. The summed E-state index contributed by atoms with van der Waals surface area (Å²) in [4.78, 5) is 9.13. The van der Waals surface area contributed by atoms with Crippen LogP contribution in [0.3, 0.4) is 0 Å². The number of azide groups is 1. The molecule has 1 heterocycles. The quantitative estimate of drug-likeness (QED) is 0.527. The molecule has 0 unspecified atom stereocenters. The van der Waals surface area contributed by atoms with Gasteiger partial charge in [0.2, 0.25) is 0 Å². The van der Waals surface area contributed by atoms with Crippen LogP contribution in [0.5, 0.6) is 11.5 Å². The van der Waals surface area contributed by atoms with Crippen LogP contribution < -0.4 is 20.1 Å². The number of ether oxygens (including phenoxy) is 2. The number of amidine groups is 1. The molecule has 0 bridgehead atoms. The molecule has 2 aromatic carbocycles. The normalized spacial score (nSPS) is 12.8. The van der Waals surface area contributed by atoms with Gasteiger partial charge in [-0.05, 0) is 23.7 Å². The number of anilines is 2. The van der Waals surface area contributed by atoms with E-state index < -0.39 is 0 Å². The van der Waals surface area contributed by atoms with Gasteiger partial charge in [-0.1, -0.05) is 17.2 Å². The first-order valence-corrected chi connectivity index (χ1v) is 7.17. The lowest BCUT2D eigenvalue weighted by Crippen LogP contribution is -2.29. The minimum Gasteiger partial charge on any atom is -0.493 e. The van der Waals surface area contributed by atoms with Gasteiger partial charge >= 0.3 is 0 Å². The minimum atomic E-state index is 0.384. The standard InChI is InChI=1S/C16H16N6O2/c1-23-14-7-12-13(8-15(14)24-2)22(9-19-16(12)17)11-5-3-10(4-6-11)20-21-18/h3-8H,9H2,1-2H3,(H2,17,19). The Morgan fingerprint density at radius 2 is 1.83 bits per heavy atom. The summed E-state index contributed by atoms with van der Waals surface area (Å²) in [7, 11) is 3.16. The third-order valence-corrected chi connectivity index (χ3v) is 3.77. The summed E-state index contributed by atoms with van der Waals surface area (Å²) >= 11 is 0. The summed E-state index contributed by atoms with van der Waals surface area (Å²) in [6.07, 6.45) is 0. The van der Waals surface area contributed by atoms with E-state index in [1.807, 2.05) is 29.2 Å². The molecule has 0 fully saturated rings. The van der Waals surface area contributed by atoms with E-state index in [0.717, 1.165) is 16.9 Å². The van der Waals surface area contributed by atoms with Crippen LogP contribution in [-0.2, 0) is 0 Å². The van der Waals surface area contributed by atoms with E-state index in [1.165, 1.54) is 0 Å². The second-order valence-electron chi connectivity index (χ2n) is 5.04. The molecule has 2 N–H and O–H groups in total. The van der Waals surface area contributed by atoms with E-state index in [-0.39, 0.29) is 0 Å². The van der Waals surface area contributed by atoms with Crippen molar-refractivity contribution in [3.05, 3.63) is 52.4 Å². The Morgan fingerprint density at radius 1 is 1.17 bits per heavy atom. The van der Waals surface area contributed by atoms with Crippen LogP contribution in [0.2, 0.25) is 0 Å². The molecule has 3 rings (SSSR count). The molecule has 0 aromatic heterocycles. The lowest BCUT2D eigenvalue weighted by atomic mass is 10.1. The highest BCUT2D eigenvalue weighted by Gasteiger charge is 2.23. The zero-order chi connectivity index (χ0) is 17.1. The topological polar surface area (TPSA) is 109 Å². The van der Waals surface area contributed by atoms with Crippen LogP contribution in [-0.4, -0.2) is 26.7 Å². The molecule has 0 aliphatic carbocycles. The van der Waals surface area contributed by atoms with Crippen molar-refractivity contribution in [2.45, 2.75) is 0 Å². The zero-order valence-corrected chi connectivity index (χ0v) is 13.3. The Hall–Kier alpha value is -3.38. The number of fused-ring (bicyclic) bond motifs is 1. The lowest BCUT2D eigenvalue weighted by Gasteiger charge is -2.30. The largest absolute Gasteiger partial charge is 0.493 e. The van der Waals surface area contributed by atoms with E-state index in [4.69, 9.17) is 20.7 Å². The zero-order valence-electron chi connectivity index (χ0n) is 13.3. The average molecular weight is 324 g/mol. The summed E-state index contributed by atoms with van der Waals surface area (Å²) < 4.78 is 10.7. The van der Waals surface area contributed by atoms with Gasteiger partial charge in [-0.3, -0.25) is 0 Å². The molecule has 0 saturated heterocycles. The first-order chi connectivity index (χ1) is 11.7. The van der Waals surface area contributed by atoms with E-state index in [0.29, 0.717) is 29.7 Å². The number of methoxy groups -OCH3 is 2. The third-order valence-electron chi connectivity index (χ3n) is 3.77. The molecule has 0 amide bonds. The van der Waals surface area contributed by atoms with Crippen LogP contribution in [0.15, 0.2) is 46.5 Å². The van der Waals surface area contributed by atoms with Crippen LogP contribution >= 0.6 is 0 Å². The Morgan fingerprint density at radius 3 is 2.46 bits per heavy atom. The molecule has 2 aromatic rings. The molecule has 24 heavy (non-hydrogen) atoms. The SMILES string of the molecule is COc1cc2c(cc1OC)N(c1ccc(N=[N+]=[N-])cc1)CN=C2N. The van der Waals surface area contributed by atoms with Gasteiger partial charge in [0.05, 0.1) is 19.9 Å². The molecule has 8 nitrogen and oxygen atoms in total. The maximum absolute atomic E-state index is 8.49. The fourth-order valence-corrected chi connectivity index (χ4v) is 2.58. The van der Waals surface area contributed by atoms with Crippen molar-refractivity contribution in [2.24, 2.45) is 15.8 Å². The van der Waals surface area contributed by atoms with Crippen molar-refractivity contribution in [1.82, 2.24) is 0 Å². The van der Waals surface area contributed by atoms with Crippen LogP contribution in [0.1, 0.15) is 5.56 Å². The summed E-state index contributed by atoms with van der Waals surface area (Å²) in [5.74, 6) is 1.66. The number of nitrogens with zero attached hydrogens (tertiary/aromatic N) is 5. The lowest BCUT2D eigenvalue weighted by molar-refractivity contribution is 0.355. The van der Waals surface area contributed by atoms with Crippen molar-refractivity contribution < 1.29 is 9.47 Å². The van der Waals surface area contributed by atoms with Gasteiger partial charge in [0.1, 0.15) is 12.5 Å². The predicted molar refractivity (Wildman–Crippen MR) is 92.5 cm³/mol. The Labute approximate surface area is 138 Å². The maximum atomic E-state index is 8.49. The molecular formula is C16H16N6O2. The van der Waals surface area contributed by atoms with E-state index in [9.17, 15) is 0 Å². The molecule has 122 valence electrons. The number of rotatable bonds is 4. The van der Waals surface area contributed by atoms with E-state index in [2.05, 4.69) is 15.0 Å². The first kappa shape index (κ1) is 15.5. The minimum absolute atomic E-state index is 0.384. The molecule has 1 aliphatic heterocycles. The molecule has 0 atom stereocenters. The fourth-order valence-electron chi connectivity index (χ4n) is 2.58. The summed E-state index contributed by atoms with van der Waals surface area (Å²) in [6, 6.07) is 10.9. The number of hydrogen-bond acceptors (Lipinski definition) is 6. The molecule has 0 spiro atoms. The Kier molecular flexibility index (Phi) is 4.13. The number of nitrogens with two attached hydrogens (primary N) is 1. The number of benzene rings is 2. The van der Waals surface area contributed by atoms with Crippen LogP contribution in [0.4, 0.5) is 17.1 Å². The van der Waals surface area contributed by atoms with Gasteiger partial charge in [0.25, 0.3) is 0 Å². The predicted octanol–water partition coefficient (Wildman–Crippen LogP) is 3.46. The van der Waals surface area contributed by atoms with Gasteiger partial charge < -0.3 is 20.1 Å². The number of aliphatic imine (C=N–C) groups is 1. The van der Waals surface area contributed by atoms with Crippen molar-refractivity contribution in [3.8, 4) is 11.5 Å². The van der Waals surface area contributed by atoms with Crippen LogP contribution in [0, 0.1) is 0 Å². The summed E-state index contributed by atoms with van der Waals surface area (Å²) in [6.45, 7) is 0.384. The highest BCUT2D eigenvalue weighted by molar-refractivity contribution is 6.05.